The lowest BCUT2D eigenvalue weighted by atomic mass is 10.0. The van der Waals surface area contributed by atoms with Gasteiger partial charge in [0.2, 0.25) is 0 Å². The zero-order chi connectivity index (χ0) is 10.4. The second-order valence-corrected chi connectivity index (χ2v) is 3.54. The van der Waals surface area contributed by atoms with E-state index >= 15 is 0 Å². The smallest absolute Gasteiger partial charge is 0.407 e. The van der Waals surface area contributed by atoms with Crippen molar-refractivity contribution in [1.29, 1.82) is 0 Å². The van der Waals surface area contributed by atoms with E-state index in [2.05, 4.69) is 5.32 Å². The Bertz CT molecular complexity index is 216. The van der Waals surface area contributed by atoms with Crippen LogP contribution in [0.3, 0.4) is 0 Å². The molecule has 4 nitrogen and oxygen atoms in total. The topological polar surface area (TPSA) is 64.3 Å². The summed E-state index contributed by atoms with van der Waals surface area (Å²) in [5.74, 6) is 0. The van der Waals surface area contributed by atoms with Gasteiger partial charge in [-0.25, -0.2) is 4.79 Å². The van der Waals surface area contributed by atoms with Crippen molar-refractivity contribution < 1.29 is 9.53 Å². The maximum atomic E-state index is 11.0. The highest BCUT2D eigenvalue weighted by atomic mass is 16.6. The lowest BCUT2D eigenvalue weighted by Crippen LogP contribution is -2.27. The van der Waals surface area contributed by atoms with E-state index in [9.17, 15) is 4.79 Å². The van der Waals surface area contributed by atoms with E-state index < -0.39 is 0 Å². The lowest BCUT2D eigenvalue weighted by molar-refractivity contribution is 0.0933. The van der Waals surface area contributed by atoms with E-state index in [0.717, 1.165) is 25.7 Å². The van der Waals surface area contributed by atoms with Gasteiger partial charge in [0.1, 0.15) is 6.10 Å². The van der Waals surface area contributed by atoms with Crippen molar-refractivity contribution in [2.24, 2.45) is 5.73 Å². The third-order valence-electron chi connectivity index (χ3n) is 2.32. The van der Waals surface area contributed by atoms with Gasteiger partial charge in [-0.05, 0) is 19.3 Å². The summed E-state index contributed by atoms with van der Waals surface area (Å²) in [4.78, 5) is 11.0. The van der Waals surface area contributed by atoms with Crippen LogP contribution < -0.4 is 11.1 Å². The number of rotatable bonds is 1. The van der Waals surface area contributed by atoms with Crippen LogP contribution in [0.4, 0.5) is 4.79 Å². The van der Waals surface area contributed by atoms with E-state index in [1.54, 1.807) is 7.05 Å². The molecule has 1 aliphatic carbocycles. The molecule has 0 aromatic heterocycles. The van der Waals surface area contributed by atoms with E-state index in [-0.39, 0.29) is 18.2 Å². The van der Waals surface area contributed by atoms with Crippen LogP contribution in [0.15, 0.2) is 12.2 Å². The summed E-state index contributed by atoms with van der Waals surface area (Å²) < 4.78 is 5.17. The SMILES string of the molecule is CNC(=O)OC1C/C=C/C(N)CCC1. The van der Waals surface area contributed by atoms with Crippen LogP contribution in [0.5, 0.6) is 0 Å². The van der Waals surface area contributed by atoms with Crippen LogP contribution in [0.1, 0.15) is 25.7 Å². The van der Waals surface area contributed by atoms with Gasteiger partial charge < -0.3 is 15.8 Å². The molecule has 1 rings (SSSR count). The summed E-state index contributed by atoms with van der Waals surface area (Å²) in [6, 6.07) is 0.163. The van der Waals surface area contributed by atoms with Gasteiger partial charge in [-0.2, -0.15) is 0 Å². The van der Waals surface area contributed by atoms with Gasteiger partial charge in [-0.1, -0.05) is 12.2 Å². The summed E-state index contributed by atoms with van der Waals surface area (Å²) in [7, 11) is 1.57. The quantitative estimate of drug-likeness (QED) is 0.621. The Hall–Kier alpha value is -1.03. The molecule has 0 aliphatic heterocycles. The molecule has 1 aliphatic rings. The van der Waals surface area contributed by atoms with Gasteiger partial charge >= 0.3 is 6.09 Å². The maximum absolute atomic E-state index is 11.0. The summed E-state index contributed by atoms with van der Waals surface area (Å²) in [6.45, 7) is 0. The maximum Gasteiger partial charge on any atom is 0.407 e. The van der Waals surface area contributed by atoms with Gasteiger partial charge in [0.15, 0.2) is 0 Å². The molecular weight excluding hydrogens is 180 g/mol. The van der Waals surface area contributed by atoms with E-state index in [1.165, 1.54) is 0 Å². The van der Waals surface area contributed by atoms with Gasteiger partial charge in [-0.3, -0.25) is 0 Å². The van der Waals surface area contributed by atoms with Crippen LogP contribution in [-0.2, 0) is 4.74 Å². The average Bonchev–Trinajstić information content (AvgIpc) is 2.14. The molecule has 80 valence electrons. The summed E-state index contributed by atoms with van der Waals surface area (Å²) in [6.07, 6.45) is 7.26. The predicted molar refractivity (Wildman–Crippen MR) is 54.9 cm³/mol. The molecule has 3 N–H and O–H groups in total. The zero-order valence-corrected chi connectivity index (χ0v) is 8.53. The molecular formula is C10H18N2O2. The minimum absolute atomic E-state index is 0.00120. The molecule has 0 radical (unpaired) electrons. The fraction of sp³-hybridized carbons (Fsp3) is 0.700. The monoisotopic (exact) mass is 198 g/mol. The van der Waals surface area contributed by atoms with Gasteiger partial charge in [-0.15, -0.1) is 0 Å². The molecule has 0 saturated carbocycles. The Kier molecular flexibility index (Phi) is 4.46. The first-order valence-corrected chi connectivity index (χ1v) is 5.03. The Morgan fingerprint density at radius 1 is 1.57 bits per heavy atom. The second-order valence-electron chi connectivity index (χ2n) is 3.54. The number of nitrogens with two attached hydrogens (primary N) is 1. The van der Waals surface area contributed by atoms with Crippen LogP contribution in [0, 0.1) is 0 Å². The molecule has 0 bridgehead atoms. The number of ether oxygens (including phenoxy) is 1. The summed E-state index contributed by atoms with van der Waals surface area (Å²) >= 11 is 0. The zero-order valence-electron chi connectivity index (χ0n) is 8.53. The number of hydrogen-bond donors (Lipinski definition) is 2. The third kappa shape index (κ3) is 3.79. The van der Waals surface area contributed by atoms with Crippen LogP contribution in [0.2, 0.25) is 0 Å². The van der Waals surface area contributed by atoms with E-state index in [4.69, 9.17) is 10.5 Å². The van der Waals surface area contributed by atoms with Crippen molar-refractivity contribution in [3.8, 4) is 0 Å². The standard InChI is InChI=1S/C10H18N2O2/c1-12-10(13)14-9-6-2-4-8(11)5-3-7-9/h2,4,8-9H,3,5-7,11H2,1H3,(H,12,13)/b4-2+. The Labute approximate surface area is 84.5 Å². The molecule has 4 heteroatoms. The highest BCUT2D eigenvalue weighted by Crippen LogP contribution is 2.14. The largest absolute Gasteiger partial charge is 0.446 e. The average molecular weight is 198 g/mol. The molecule has 2 unspecified atom stereocenters. The van der Waals surface area contributed by atoms with Crippen molar-refractivity contribution in [2.45, 2.75) is 37.8 Å². The van der Waals surface area contributed by atoms with Crippen LogP contribution in [-0.4, -0.2) is 25.3 Å². The molecule has 14 heavy (non-hydrogen) atoms. The first-order chi connectivity index (χ1) is 6.72. The number of amides is 1. The van der Waals surface area contributed by atoms with Crippen molar-refractivity contribution >= 4 is 6.09 Å². The molecule has 0 heterocycles. The normalized spacial score (nSPS) is 29.9. The molecule has 0 spiro atoms. The third-order valence-corrected chi connectivity index (χ3v) is 2.32. The Morgan fingerprint density at radius 2 is 2.36 bits per heavy atom. The fourth-order valence-electron chi connectivity index (χ4n) is 1.52. The number of hydrogen-bond acceptors (Lipinski definition) is 3. The highest BCUT2D eigenvalue weighted by Gasteiger charge is 2.14. The number of carbonyl (C=O) groups is 1. The van der Waals surface area contributed by atoms with Crippen molar-refractivity contribution in [2.75, 3.05) is 7.05 Å². The second kappa shape index (κ2) is 5.65. The van der Waals surface area contributed by atoms with Gasteiger partial charge in [0, 0.05) is 19.5 Å². The first kappa shape index (κ1) is 11.0. The first-order valence-electron chi connectivity index (χ1n) is 5.03. The highest BCUT2D eigenvalue weighted by molar-refractivity contribution is 5.66. The van der Waals surface area contributed by atoms with Crippen molar-refractivity contribution in [1.82, 2.24) is 5.32 Å². The molecule has 0 saturated heterocycles. The molecule has 1 amide bonds. The molecule has 0 aromatic rings. The summed E-state index contributed by atoms with van der Waals surface area (Å²) in [5.41, 5.74) is 5.77. The van der Waals surface area contributed by atoms with E-state index in [0.29, 0.717) is 0 Å². The summed E-state index contributed by atoms with van der Waals surface area (Å²) in [5, 5.41) is 2.45. The molecule has 0 fully saturated rings. The number of nitrogens with one attached hydrogen (secondary N) is 1. The Morgan fingerprint density at radius 3 is 3.07 bits per heavy atom. The van der Waals surface area contributed by atoms with Gasteiger partial charge in [0.25, 0.3) is 0 Å². The van der Waals surface area contributed by atoms with Crippen LogP contribution >= 0.6 is 0 Å². The molecule has 0 aromatic carbocycles. The van der Waals surface area contributed by atoms with Crippen molar-refractivity contribution in [3.05, 3.63) is 12.2 Å². The van der Waals surface area contributed by atoms with E-state index in [1.807, 2.05) is 12.2 Å². The van der Waals surface area contributed by atoms with Gasteiger partial charge in [0.05, 0.1) is 0 Å². The number of alkyl carbamates (subject to hydrolysis) is 1. The molecule has 2 atom stereocenters. The van der Waals surface area contributed by atoms with Crippen molar-refractivity contribution in [3.63, 3.8) is 0 Å². The minimum Gasteiger partial charge on any atom is -0.446 e. The van der Waals surface area contributed by atoms with Crippen LogP contribution in [0.25, 0.3) is 0 Å². The Balaban J connectivity index is 2.39. The number of carbonyl (C=O) groups excluding carboxylic acids is 1. The predicted octanol–water partition coefficient (Wildman–Crippen LogP) is 1.17. The fourth-order valence-corrected chi connectivity index (χ4v) is 1.52. The lowest BCUT2D eigenvalue weighted by Gasteiger charge is -2.19. The minimum atomic E-state index is -0.353.